The standard InChI is InChI=1S/C32H40ClN7O3/c1-3-26(39-32(34)35)29-31(43)40(15-14-25(38-29)19-37-28(41)18-20-9-12-24(33)13-10-20)27(30(42)36-2)17-21-8-11-22-6-4-5-7-23(22)16-21/h4-13,16,25-27,29,38H,3,14-15,17-19H2,1-2H3,(H,36,42)(H,37,41)(H4,34,35,39)/t25-,26?,27+,29+/m1/s1. The maximum atomic E-state index is 14.2. The number of benzene rings is 3. The lowest BCUT2D eigenvalue weighted by Crippen LogP contribution is -2.61. The van der Waals surface area contributed by atoms with Crippen LogP contribution >= 0.6 is 11.6 Å². The molecule has 1 fully saturated rings. The molecule has 3 aromatic carbocycles. The third-order valence-electron chi connectivity index (χ3n) is 7.86. The summed E-state index contributed by atoms with van der Waals surface area (Å²) in [5, 5.41) is 22.6. The summed E-state index contributed by atoms with van der Waals surface area (Å²) in [4.78, 5) is 41.8. The van der Waals surface area contributed by atoms with E-state index in [1.165, 1.54) is 0 Å². The van der Waals surface area contributed by atoms with Crippen molar-refractivity contribution in [3.8, 4) is 0 Å². The lowest BCUT2D eigenvalue weighted by molar-refractivity contribution is -0.141. The highest BCUT2D eigenvalue weighted by Gasteiger charge is 2.40. The van der Waals surface area contributed by atoms with E-state index in [0.717, 1.165) is 21.9 Å². The molecule has 3 aromatic rings. The number of carbonyl (C=O) groups is 3. The van der Waals surface area contributed by atoms with Crippen LogP contribution in [0.25, 0.3) is 10.8 Å². The van der Waals surface area contributed by atoms with Crippen LogP contribution in [0.3, 0.4) is 0 Å². The molecule has 3 amide bonds. The molecule has 1 aliphatic rings. The summed E-state index contributed by atoms with van der Waals surface area (Å²) in [5.41, 5.74) is 7.46. The van der Waals surface area contributed by atoms with E-state index >= 15 is 0 Å². The number of likely N-dealkylation sites (N-methyl/N-ethyl adjacent to an activating group) is 1. The molecular formula is C32H40ClN7O3. The molecule has 4 rings (SSSR count). The quantitative estimate of drug-likeness (QED) is 0.146. The fourth-order valence-electron chi connectivity index (χ4n) is 5.56. The molecule has 0 aliphatic carbocycles. The Hall–Kier alpha value is -4.15. The minimum atomic E-state index is -0.779. The first-order chi connectivity index (χ1) is 20.7. The molecule has 0 saturated carbocycles. The lowest BCUT2D eigenvalue weighted by Gasteiger charge is -2.34. The molecular weight excluding hydrogens is 566 g/mol. The van der Waals surface area contributed by atoms with Crippen molar-refractivity contribution in [2.45, 2.75) is 56.8 Å². The van der Waals surface area contributed by atoms with Gasteiger partial charge in [0.1, 0.15) is 12.1 Å². The molecule has 43 heavy (non-hydrogen) atoms. The van der Waals surface area contributed by atoms with E-state index in [1.807, 2.05) is 55.5 Å². The fraction of sp³-hybridized carbons (Fsp3) is 0.375. The summed E-state index contributed by atoms with van der Waals surface area (Å²) in [6.07, 6.45) is 1.54. The van der Waals surface area contributed by atoms with E-state index in [-0.39, 0.29) is 42.7 Å². The van der Waals surface area contributed by atoms with Crippen LogP contribution in [0.1, 0.15) is 30.9 Å². The average Bonchev–Trinajstić information content (AvgIpc) is 3.16. The molecule has 0 spiro atoms. The van der Waals surface area contributed by atoms with Gasteiger partial charge in [-0.1, -0.05) is 73.1 Å². The second-order valence-corrected chi connectivity index (χ2v) is 11.3. The van der Waals surface area contributed by atoms with Gasteiger partial charge in [0, 0.05) is 37.6 Å². The van der Waals surface area contributed by atoms with Crippen molar-refractivity contribution in [3.63, 3.8) is 0 Å². The molecule has 0 bridgehead atoms. The zero-order chi connectivity index (χ0) is 30.9. The Balaban J connectivity index is 1.56. The molecule has 0 radical (unpaired) electrons. The Kier molecular flexibility index (Phi) is 11.0. The molecule has 4 atom stereocenters. The van der Waals surface area contributed by atoms with Crippen LogP contribution in [0.4, 0.5) is 0 Å². The minimum Gasteiger partial charge on any atom is -0.370 e. The van der Waals surface area contributed by atoms with Crippen LogP contribution < -0.4 is 27.0 Å². The van der Waals surface area contributed by atoms with Gasteiger partial charge in [0.15, 0.2) is 5.96 Å². The number of hydrogen-bond acceptors (Lipinski definition) is 5. The number of nitrogens with one attached hydrogen (secondary N) is 5. The van der Waals surface area contributed by atoms with Crippen LogP contribution in [0.15, 0.2) is 66.7 Å². The van der Waals surface area contributed by atoms with E-state index in [2.05, 4.69) is 27.3 Å². The highest BCUT2D eigenvalue weighted by atomic mass is 35.5. The van der Waals surface area contributed by atoms with Gasteiger partial charge in [-0.15, -0.1) is 0 Å². The third-order valence-corrected chi connectivity index (χ3v) is 8.11. The van der Waals surface area contributed by atoms with Crippen molar-refractivity contribution in [2.24, 2.45) is 5.73 Å². The number of nitrogens with zero attached hydrogens (tertiary/aromatic N) is 1. The van der Waals surface area contributed by atoms with Crippen molar-refractivity contribution in [3.05, 3.63) is 82.9 Å². The van der Waals surface area contributed by atoms with Gasteiger partial charge in [0.05, 0.1) is 12.5 Å². The number of rotatable bonds is 11. The van der Waals surface area contributed by atoms with Crippen molar-refractivity contribution >= 4 is 46.1 Å². The monoisotopic (exact) mass is 605 g/mol. The smallest absolute Gasteiger partial charge is 0.242 e. The number of nitrogens with two attached hydrogens (primary N) is 1. The first-order valence-corrected chi connectivity index (χ1v) is 14.9. The van der Waals surface area contributed by atoms with E-state index in [4.69, 9.17) is 22.7 Å². The zero-order valence-electron chi connectivity index (χ0n) is 24.5. The number of guanidine groups is 1. The summed E-state index contributed by atoms with van der Waals surface area (Å²) < 4.78 is 0. The predicted octanol–water partition coefficient (Wildman–Crippen LogP) is 2.33. The lowest BCUT2D eigenvalue weighted by atomic mass is 9.98. The number of carbonyl (C=O) groups excluding carboxylic acids is 3. The van der Waals surface area contributed by atoms with Gasteiger partial charge >= 0.3 is 0 Å². The topological polar surface area (TPSA) is 152 Å². The largest absolute Gasteiger partial charge is 0.370 e. The van der Waals surface area contributed by atoms with Crippen molar-refractivity contribution in [2.75, 3.05) is 20.1 Å². The Morgan fingerprint density at radius 3 is 2.47 bits per heavy atom. The van der Waals surface area contributed by atoms with Crippen LogP contribution in [-0.4, -0.2) is 72.9 Å². The maximum absolute atomic E-state index is 14.2. The molecule has 0 aromatic heterocycles. The second kappa shape index (κ2) is 14.8. The summed E-state index contributed by atoms with van der Waals surface area (Å²) >= 11 is 5.96. The highest BCUT2D eigenvalue weighted by Crippen LogP contribution is 2.21. The van der Waals surface area contributed by atoms with E-state index in [1.54, 1.807) is 24.1 Å². The molecule has 228 valence electrons. The number of fused-ring (bicyclic) bond motifs is 1. The molecule has 10 nitrogen and oxygen atoms in total. The predicted molar refractivity (Wildman–Crippen MR) is 170 cm³/mol. The van der Waals surface area contributed by atoms with E-state index in [0.29, 0.717) is 30.8 Å². The van der Waals surface area contributed by atoms with E-state index in [9.17, 15) is 14.4 Å². The average molecular weight is 606 g/mol. The van der Waals surface area contributed by atoms with Gasteiger partial charge in [-0.05, 0) is 46.9 Å². The van der Waals surface area contributed by atoms with Crippen molar-refractivity contribution in [1.82, 2.24) is 26.2 Å². The van der Waals surface area contributed by atoms with Crippen LogP contribution in [-0.2, 0) is 27.2 Å². The van der Waals surface area contributed by atoms with Gasteiger partial charge in [-0.3, -0.25) is 25.1 Å². The Bertz CT molecular complexity index is 1450. The van der Waals surface area contributed by atoms with Gasteiger partial charge < -0.3 is 26.6 Å². The second-order valence-electron chi connectivity index (χ2n) is 10.9. The number of hydrogen-bond donors (Lipinski definition) is 6. The summed E-state index contributed by atoms with van der Waals surface area (Å²) in [6, 6.07) is 18.9. The maximum Gasteiger partial charge on any atom is 0.242 e. The summed E-state index contributed by atoms with van der Waals surface area (Å²) in [6.45, 7) is 2.50. The molecule has 1 heterocycles. The SMILES string of the molecule is CCC(NC(=N)N)[C@@H]1N[C@@H](CNC(=O)Cc2ccc(Cl)cc2)CCN([C@@H](Cc2ccc3ccccc3c2)C(=O)NC)C1=O. The van der Waals surface area contributed by atoms with Crippen LogP contribution in [0.5, 0.6) is 0 Å². The molecule has 7 N–H and O–H groups in total. The third kappa shape index (κ3) is 8.46. The Labute approximate surface area is 257 Å². The van der Waals surface area contributed by atoms with Gasteiger partial charge in [0.25, 0.3) is 0 Å². The number of halogens is 1. The van der Waals surface area contributed by atoms with Crippen molar-refractivity contribution in [1.29, 1.82) is 5.41 Å². The van der Waals surface area contributed by atoms with Crippen LogP contribution in [0, 0.1) is 5.41 Å². The Morgan fingerprint density at radius 1 is 1.09 bits per heavy atom. The van der Waals surface area contributed by atoms with Gasteiger partial charge in [0.2, 0.25) is 17.7 Å². The highest BCUT2D eigenvalue weighted by molar-refractivity contribution is 6.30. The summed E-state index contributed by atoms with van der Waals surface area (Å²) in [7, 11) is 1.57. The van der Waals surface area contributed by atoms with Gasteiger partial charge in [-0.2, -0.15) is 0 Å². The Morgan fingerprint density at radius 2 is 1.79 bits per heavy atom. The van der Waals surface area contributed by atoms with Gasteiger partial charge in [-0.25, -0.2) is 0 Å². The molecule has 11 heteroatoms. The minimum absolute atomic E-state index is 0.151. The zero-order valence-corrected chi connectivity index (χ0v) is 25.3. The number of amides is 3. The van der Waals surface area contributed by atoms with Crippen LogP contribution in [0.2, 0.25) is 5.02 Å². The molecule has 1 unspecified atom stereocenters. The van der Waals surface area contributed by atoms with E-state index < -0.39 is 18.1 Å². The first kappa shape index (κ1) is 31.8. The fourth-order valence-corrected chi connectivity index (χ4v) is 5.69. The molecule has 1 aliphatic heterocycles. The normalized spacial score (nSPS) is 18.4. The molecule has 1 saturated heterocycles. The summed E-state index contributed by atoms with van der Waals surface area (Å²) in [5.74, 6) is -0.918. The van der Waals surface area contributed by atoms with Crippen molar-refractivity contribution < 1.29 is 14.4 Å². The first-order valence-electron chi connectivity index (χ1n) is 14.6.